The van der Waals surface area contributed by atoms with Crippen molar-refractivity contribution in [2.45, 2.75) is 6.04 Å². The van der Waals surface area contributed by atoms with E-state index in [1.165, 1.54) is 0 Å². The Balaban J connectivity index is 1.62. The van der Waals surface area contributed by atoms with Crippen molar-refractivity contribution in [1.29, 1.82) is 0 Å². The van der Waals surface area contributed by atoms with Gasteiger partial charge in [0.05, 0.1) is 12.2 Å². The Morgan fingerprint density at radius 3 is 2.71 bits per heavy atom. The maximum absolute atomic E-state index is 12.4. The lowest BCUT2D eigenvalue weighted by Crippen LogP contribution is -2.23. The number of benzene rings is 1. The monoisotopic (exact) mass is 428 g/mol. The zero-order valence-electron chi connectivity index (χ0n) is 12.6. The van der Waals surface area contributed by atoms with Crippen molar-refractivity contribution in [1.82, 2.24) is 9.38 Å². The van der Waals surface area contributed by atoms with Crippen LogP contribution in [0.1, 0.15) is 10.4 Å². The minimum Gasteiger partial charge on any atom is -0.305 e. The van der Waals surface area contributed by atoms with Gasteiger partial charge in [0.15, 0.2) is 5.78 Å². The molecular formula is C18H13IN4O. The summed E-state index contributed by atoms with van der Waals surface area (Å²) < 4.78 is 3.16. The van der Waals surface area contributed by atoms with Crippen molar-refractivity contribution < 1.29 is 4.79 Å². The van der Waals surface area contributed by atoms with E-state index < -0.39 is 6.04 Å². The standard InChI is InChI=1S/C18H13IN4O/c19-14-5-6-17-22-16(11-23(17)10-14)12-1-3-13(4-2-12)18(24)15-9-20-7-8-21-15/h1-6,8-11,15H,7H2. The summed E-state index contributed by atoms with van der Waals surface area (Å²) >= 11 is 2.28. The number of halogens is 1. The fourth-order valence-electron chi connectivity index (χ4n) is 2.62. The molecule has 1 aromatic carbocycles. The molecule has 6 heteroatoms. The maximum Gasteiger partial charge on any atom is 0.192 e. The van der Waals surface area contributed by atoms with E-state index in [4.69, 9.17) is 0 Å². The molecule has 4 rings (SSSR count). The molecule has 0 spiro atoms. The van der Waals surface area contributed by atoms with Gasteiger partial charge in [-0.05, 0) is 34.7 Å². The van der Waals surface area contributed by atoms with E-state index in [0.29, 0.717) is 12.1 Å². The Labute approximate surface area is 152 Å². The number of aliphatic imine (C=N–C) groups is 2. The first kappa shape index (κ1) is 15.2. The zero-order valence-corrected chi connectivity index (χ0v) is 14.8. The van der Waals surface area contributed by atoms with Gasteiger partial charge in [0.25, 0.3) is 0 Å². The number of imidazole rings is 1. The first-order valence-electron chi connectivity index (χ1n) is 7.51. The van der Waals surface area contributed by atoms with Crippen LogP contribution in [-0.2, 0) is 0 Å². The number of rotatable bonds is 3. The first-order valence-corrected chi connectivity index (χ1v) is 8.59. The second-order valence-electron chi connectivity index (χ2n) is 5.47. The molecule has 5 nitrogen and oxygen atoms in total. The predicted molar refractivity (Wildman–Crippen MR) is 103 cm³/mol. The van der Waals surface area contributed by atoms with Crippen molar-refractivity contribution >= 4 is 46.5 Å². The minimum absolute atomic E-state index is 0.0363. The van der Waals surface area contributed by atoms with Crippen molar-refractivity contribution in [2.75, 3.05) is 6.54 Å². The molecule has 3 heterocycles. The number of pyridine rings is 1. The molecule has 1 atom stereocenters. The van der Waals surface area contributed by atoms with Gasteiger partial charge in [-0.1, -0.05) is 24.3 Å². The third-order valence-corrected chi connectivity index (χ3v) is 4.49. The van der Waals surface area contributed by atoms with Gasteiger partial charge < -0.3 is 4.40 Å². The third kappa shape index (κ3) is 2.89. The van der Waals surface area contributed by atoms with Gasteiger partial charge in [-0.25, -0.2) is 4.98 Å². The number of ketones is 1. The Kier molecular flexibility index (Phi) is 3.97. The van der Waals surface area contributed by atoms with Gasteiger partial charge in [0.1, 0.15) is 11.7 Å². The number of carbonyl (C=O) groups is 1. The summed E-state index contributed by atoms with van der Waals surface area (Å²) in [5, 5.41) is 0. The summed E-state index contributed by atoms with van der Waals surface area (Å²) in [6.07, 6.45) is 7.31. The maximum atomic E-state index is 12.4. The average Bonchev–Trinajstić information content (AvgIpc) is 3.05. The number of hydrogen-bond donors (Lipinski definition) is 0. The normalized spacial score (nSPS) is 16.6. The van der Waals surface area contributed by atoms with Crippen LogP contribution >= 0.6 is 22.6 Å². The second-order valence-corrected chi connectivity index (χ2v) is 6.72. The Morgan fingerprint density at radius 1 is 1.12 bits per heavy atom. The van der Waals surface area contributed by atoms with Gasteiger partial charge in [-0.2, -0.15) is 0 Å². The fourth-order valence-corrected chi connectivity index (χ4v) is 3.10. The van der Waals surface area contributed by atoms with Crippen LogP contribution in [0.4, 0.5) is 0 Å². The molecule has 1 aliphatic heterocycles. The molecule has 0 fully saturated rings. The van der Waals surface area contributed by atoms with Gasteiger partial charge in [-0.15, -0.1) is 0 Å². The summed E-state index contributed by atoms with van der Waals surface area (Å²) in [6, 6.07) is 11.0. The first-order chi connectivity index (χ1) is 11.7. The molecule has 0 saturated heterocycles. The lowest BCUT2D eigenvalue weighted by molar-refractivity contribution is 0.0986. The number of Topliss-reactive ketones (excluding diaryl/α,β-unsaturated/α-hetero) is 1. The minimum atomic E-state index is -0.498. The summed E-state index contributed by atoms with van der Waals surface area (Å²) in [5.74, 6) is -0.0363. The summed E-state index contributed by atoms with van der Waals surface area (Å²) in [5.41, 5.74) is 3.39. The van der Waals surface area contributed by atoms with E-state index in [0.717, 1.165) is 20.5 Å². The summed E-state index contributed by atoms with van der Waals surface area (Å²) in [7, 11) is 0. The predicted octanol–water partition coefficient (Wildman–Crippen LogP) is 3.31. The van der Waals surface area contributed by atoms with Crippen molar-refractivity contribution in [2.24, 2.45) is 9.98 Å². The highest BCUT2D eigenvalue weighted by molar-refractivity contribution is 14.1. The van der Waals surface area contributed by atoms with Gasteiger partial charge in [0, 0.05) is 39.5 Å². The smallest absolute Gasteiger partial charge is 0.192 e. The lowest BCUT2D eigenvalue weighted by Gasteiger charge is -2.09. The summed E-state index contributed by atoms with van der Waals surface area (Å²) in [6.45, 7) is 0.551. The van der Waals surface area contributed by atoms with Crippen LogP contribution in [0.2, 0.25) is 0 Å². The molecular weight excluding hydrogens is 415 g/mol. The van der Waals surface area contributed by atoms with Crippen LogP contribution in [0.15, 0.2) is 58.8 Å². The molecule has 0 saturated carbocycles. The molecule has 0 N–H and O–H groups in total. The average molecular weight is 428 g/mol. The van der Waals surface area contributed by atoms with E-state index in [-0.39, 0.29) is 5.78 Å². The summed E-state index contributed by atoms with van der Waals surface area (Å²) in [4.78, 5) is 25.3. The van der Waals surface area contributed by atoms with Gasteiger partial charge >= 0.3 is 0 Å². The second kappa shape index (κ2) is 6.27. The number of hydrogen-bond acceptors (Lipinski definition) is 4. The molecule has 1 aliphatic rings. The number of fused-ring (bicyclic) bond motifs is 1. The molecule has 2 aromatic heterocycles. The number of carbonyl (C=O) groups excluding carboxylic acids is 1. The van der Waals surface area contributed by atoms with E-state index in [1.807, 2.05) is 53.2 Å². The van der Waals surface area contributed by atoms with Gasteiger partial charge in [0.2, 0.25) is 0 Å². The molecule has 118 valence electrons. The van der Waals surface area contributed by atoms with E-state index in [1.54, 1.807) is 12.4 Å². The molecule has 0 aliphatic carbocycles. The molecule has 1 unspecified atom stereocenters. The van der Waals surface area contributed by atoms with Crippen LogP contribution in [0.5, 0.6) is 0 Å². The van der Waals surface area contributed by atoms with Crippen LogP contribution < -0.4 is 0 Å². The Bertz CT molecular complexity index is 960. The van der Waals surface area contributed by atoms with Crippen LogP contribution in [0.25, 0.3) is 16.9 Å². The van der Waals surface area contributed by atoms with Crippen molar-refractivity contribution in [3.63, 3.8) is 0 Å². The number of nitrogens with zero attached hydrogens (tertiary/aromatic N) is 4. The Morgan fingerprint density at radius 2 is 1.96 bits per heavy atom. The highest BCUT2D eigenvalue weighted by atomic mass is 127. The van der Waals surface area contributed by atoms with Crippen molar-refractivity contribution in [3.8, 4) is 11.3 Å². The van der Waals surface area contributed by atoms with Crippen LogP contribution in [-0.4, -0.2) is 40.2 Å². The molecule has 24 heavy (non-hydrogen) atoms. The van der Waals surface area contributed by atoms with Crippen LogP contribution in [0, 0.1) is 3.57 Å². The Hall–Kier alpha value is -2.35. The van der Waals surface area contributed by atoms with E-state index in [9.17, 15) is 4.79 Å². The highest BCUT2D eigenvalue weighted by Crippen LogP contribution is 2.21. The van der Waals surface area contributed by atoms with Crippen LogP contribution in [0.3, 0.4) is 0 Å². The van der Waals surface area contributed by atoms with E-state index >= 15 is 0 Å². The molecule has 3 aromatic rings. The van der Waals surface area contributed by atoms with Gasteiger partial charge in [-0.3, -0.25) is 14.8 Å². The third-order valence-electron chi connectivity index (χ3n) is 3.85. The highest BCUT2D eigenvalue weighted by Gasteiger charge is 2.18. The zero-order chi connectivity index (χ0) is 16.5. The lowest BCUT2D eigenvalue weighted by atomic mass is 10.0. The quantitative estimate of drug-likeness (QED) is 0.475. The SMILES string of the molecule is O=C(c1ccc(-c2cn3cc(I)ccc3n2)cc1)C1C=NCC=N1. The molecule has 0 bridgehead atoms. The topological polar surface area (TPSA) is 59.1 Å². The largest absolute Gasteiger partial charge is 0.305 e. The fraction of sp³-hybridized carbons (Fsp3) is 0.111. The van der Waals surface area contributed by atoms with E-state index in [2.05, 4.69) is 37.6 Å². The van der Waals surface area contributed by atoms with Crippen molar-refractivity contribution in [3.05, 3.63) is 57.9 Å². The number of aromatic nitrogens is 2. The molecule has 0 amide bonds. The molecule has 0 radical (unpaired) electrons.